The second-order valence-electron chi connectivity index (χ2n) is 13.6. The zero-order chi connectivity index (χ0) is 31.7. The highest BCUT2D eigenvalue weighted by molar-refractivity contribution is 5.70. The molecule has 0 spiro atoms. The average molecular weight is 596 g/mol. The van der Waals surface area contributed by atoms with E-state index in [9.17, 15) is 14.9 Å². The molecule has 3 rings (SSSR count). The van der Waals surface area contributed by atoms with Crippen molar-refractivity contribution >= 4 is 11.8 Å². The van der Waals surface area contributed by atoms with Crippen molar-refractivity contribution in [3.8, 4) is 17.2 Å². The van der Waals surface area contributed by atoms with Crippen molar-refractivity contribution in [3.05, 3.63) is 56.6 Å². The van der Waals surface area contributed by atoms with Crippen LogP contribution in [0.1, 0.15) is 121 Å². The van der Waals surface area contributed by atoms with Crippen molar-refractivity contribution in [1.29, 1.82) is 0 Å². The molecule has 0 radical (unpaired) electrons. The van der Waals surface area contributed by atoms with Gasteiger partial charge in [0.25, 0.3) is 5.69 Å². The number of hydrogen-bond donors (Lipinski definition) is 0. The van der Waals surface area contributed by atoms with E-state index in [4.69, 9.17) is 14.2 Å². The van der Waals surface area contributed by atoms with Crippen LogP contribution in [0.4, 0.5) is 10.5 Å². The van der Waals surface area contributed by atoms with E-state index in [1.807, 2.05) is 20.8 Å². The van der Waals surface area contributed by atoms with E-state index in [-0.39, 0.29) is 17.0 Å². The molecule has 1 aliphatic heterocycles. The third-order valence-corrected chi connectivity index (χ3v) is 9.27. The Morgan fingerprint density at radius 1 is 0.884 bits per heavy atom. The molecule has 3 unspecified atom stereocenters. The van der Waals surface area contributed by atoms with Gasteiger partial charge in [0.05, 0.1) is 4.92 Å². The lowest BCUT2D eigenvalue weighted by Gasteiger charge is -2.38. The van der Waals surface area contributed by atoms with Gasteiger partial charge in [-0.15, -0.1) is 0 Å². The molecule has 238 valence electrons. The lowest BCUT2D eigenvalue weighted by atomic mass is 9.83. The van der Waals surface area contributed by atoms with Crippen LogP contribution >= 0.6 is 0 Å². The largest absolute Gasteiger partial charge is 0.519 e. The maximum atomic E-state index is 12.6. The standard InChI is InChI=1S/C36H53NO6/c1-24(2)12-9-13-25(3)14-10-15-26(4)16-11-22-36(8)23-21-32-29(7)33(27(5)28(6)34(32)43-36)42-35(38)41-31-19-17-30(18-20-31)37(39)40/h17-20,24-26H,9-16,21-23H2,1-8H3. The Bertz CT molecular complexity index is 1240. The fourth-order valence-electron chi connectivity index (χ4n) is 6.25. The first-order valence-electron chi connectivity index (χ1n) is 16.3. The van der Waals surface area contributed by atoms with Gasteiger partial charge in [-0.25, -0.2) is 4.79 Å². The summed E-state index contributed by atoms with van der Waals surface area (Å²) in [4.78, 5) is 23.0. The van der Waals surface area contributed by atoms with Crippen LogP contribution < -0.4 is 14.2 Å². The minimum absolute atomic E-state index is 0.0767. The molecule has 3 atom stereocenters. The van der Waals surface area contributed by atoms with Crippen LogP contribution in [0.15, 0.2) is 24.3 Å². The van der Waals surface area contributed by atoms with Crippen LogP contribution in [0.25, 0.3) is 0 Å². The zero-order valence-corrected chi connectivity index (χ0v) is 27.7. The summed E-state index contributed by atoms with van der Waals surface area (Å²) in [7, 11) is 0. The van der Waals surface area contributed by atoms with Gasteiger partial charge in [-0.2, -0.15) is 0 Å². The predicted octanol–water partition coefficient (Wildman–Crippen LogP) is 10.6. The average Bonchev–Trinajstić information content (AvgIpc) is 2.94. The lowest BCUT2D eigenvalue weighted by molar-refractivity contribution is -0.384. The van der Waals surface area contributed by atoms with Gasteiger partial charge < -0.3 is 14.2 Å². The number of fused-ring (bicyclic) bond motifs is 1. The van der Waals surface area contributed by atoms with Crippen LogP contribution in [-0.2, 0) is 6.42 Å². The summed E-state index contributed by atoms with van der Waals surface area (Å²) in [6.07, 6.45) is 12.4. The van der Waals surface area contributed by atoms with Crippen molar-refractivity contribution in [3.63, 3.8) is 0 Å². The molecular formula is C36H53NO6. The Morgan fingerprint density at radius 3 is 2.05 bits per heavy atom. The van der Waals surface area contributed by atoms with E-state index in [1.54, 1.807) is 0 Å². The minimum Gasteiger partial charge on any atom is -0.487 e. The summed E-state index contributed by atoms with van der Waals surface area (Å²) in [5.74, 6) is 3.97. The molecule has 0 fully saturated rings. The second-order valence-corrected chi connectivity index (χ2v) is 13.6. The molecule has 2 aromatic rings. The normalized spacial score (nSPS) is 17.6. The number of benzene rings is 2. The number of nitro benzene ring substituents is 1. The molecule has 1 heterocycles. The highest BCUT2D eigenvalue weighted by atomic mass is 16.7. The number of nitrogens with zero attached hydrogens (tertiary/aromatic N) is 1. The number of carbonyl (C=O) groups excluding carboxylic acids is 1. The van der Waals surface area contributed by atoms with Gasteiger partial charge in [0.1, 0.15) is 22.8 Å². The maximum Gasteiger partial charge on any atom is 0.519 e. The summed E-state index contributed by atoms with van der Waals surface area (Å²) < 4.78 is 17.7. The molecule has 0 saturated heterocycles. The number of ether oxygens (including phenoxy) is 3. The summed E-state index contributed by atoms with van der Waals surface area (Å²) >= 11 is 0. The second kappa shape index (κ2) is 15.6. The quantitative estimate of drug-likeness (QED) is 0.0881. The molecule has 43 heavy (non-hydrogen) atoms. The number of nitro groups is 1. The molecular weight excluding hydrogens is 542 g/mol. The van der Waals surface area contributed by atoms with E-state index < -0.39 is 11.1 Å². The molecule has 1 aliphatic rings. The Labute approximate surface area is 258 Å². The molecule has 0 saturated carbocycles. The monoisotopic (exact) mass is 595 g/mol. The van der Waals surface area contributed by atoms with Crippen LogP contribution in [-0.4, -0.2) is 16.7 Å². The first kappa shape index (κ1) is 34.4. The number of hydrogen-bond acceptors (Lipinski definition) is 6. The fraction of sp³-hybridized carbons (Fsp3) is 0.639. The molecule has 0 bridgehead atoms. The van der Waals surface area contributed by atoms with E-state index in [0.717, 1.165) is 71.4 Å². The molecule has 0 aromatic heterocycles. The summed E-state index contributed by atoms with van der Waals surface area (Å²) in [5, 5.41) is 10.9. The van der Waals surface area contributed by atoms with Gasteiger partial charge in [-0.05, 0) is 100.0 Å². The van der Waals surface area contributed by atoms with Crippen molar-refractivity contribution in [2.24, 2.45) is 17.8 Å². The maximum absolute atomic E-state index is 12.6. The smallest absolute Gasteiger partial charge is 0.487 e. The van der Waals surface area contributed by atoms with Gasteiger partial charge in [0.15, 0.2) is 0 Å². The van der Waals surface area contributed by atoms with Crippen molar-refractivity contribution in [2.45, 2.75) is 132 Å². The minimum atomic E-state index is -0.879. The summed E-state index contributed by atoms with van der Waals surface area (Å²) in [6.45, 7) is 17.6. The first-order valence-corrected chi connectivity index (χ1v) is 16.3. The molecule has 0 amide bonds. The van der Waals surface area contributed by atoms with Crippen LogP contribution in [0, 0.1) is 48.6 Å². The molecule has 0 N–H and O–H groups in total. The summed E-state index contributed by atoms with van der Waals surface area (Å²) in [5.41, 5.74) is 3.49. The third-order valence-electron chi connectivity index (χ3n) is 9.27. The Morgan fingerprint density at radius 2 is 1.47 bits per heavy atom. The number of carbonyl (C=O) groups is 1. The molecule has 7 nitrogen and oxygen atoms in total. The lowest BCUT2D eigenvalue weighted by Crippen LogP contribution is -2.37. The van der Waals surface area contributed by atoms with Gasteiger partial charge in [-0.1, -0.05) is 72.6 Å². The van der Waals surface area contributed by atoms with Gasteiger partial charge in [0.2, 0.25) is 0 Å². The first-order chi connectivity index (χ1) is 20.3. The number of rotatable bonds is 15. The number of non-ortho nitro benzene ring substituents is 1. The van der Waals surface area contributed by atoms with E-state index in [0.29, 0.717) is 5.75 Å². The SMILES string of the molecule is Cc1c(C)c2c(c(C)c1OC(=O)Oc1ccc([N+](=O)[O-])cc1)CCC(C)(CCCC(C)CCCC(C)CCCC(C)C)O2. The Kier molecular flexibility index (Phi) is 12.5. The van der Waals surface area contributed by atoms with Gasteiger partial charge in [-0.3, -0.25) is 10.1 Å². The van der Waals surface area contributed by atoms with Crippen LogP contribution in [0.2, 0.25) is 0 Å². The van der Waals surface area contributed by atoms with Crippen molar-refractivity contribution in [2.75, 3.05) is 0 Å². The van der Waals surface area contributed by atoms with Gasteiger partial charge in [0, 0.05) is 17.7 Å². The predicted molar refractivity (Wildman–Crippen MR) is 172 cm³/mol. The van der Waals surface area contributed by atoms with Crippen molar-refractivity contribution < 1.29 is 23.9 Å². The highest BCUT2D eigenvalue weighted by Gasteiger charge is 2.35. The Balaban J connectivity index is 1.52. The van der Waals surface area contributed by atoms with E-state index >= 15 is 0 Å². The van der Waals surface area contributed by atoms with E-state index in [2.05, 4.69) is 34.6 Å². The van der Waals surface area contributed by atoms with Crippen molar-refractivity contribution in [1.82, 2.24) is 0 Å². The molecule has 2 aromatic carbocycles. The van der Waals surface area contributed by atoms with Crippen LogP contribution in [0.5, 0.6) is 17.2 Å². The summed E-state index contributed by atoms with van der Waals surface area (Å²) in [6, 6.07) is 5.33. The topological polar surface area (TPSA) is 87.9 Å². The third kappa shape index (κ3) is 9.97. The van der Waals surface area contributed by atoms with E-state index in [1.165, 1.54) is 69.2 Å². The highest BCUT2D eigenvalue weighted by Crippen LogP contribution is 2.45. The molecule has 0 aliphatic carbocycles. The van der Waals surface area contributed by atoms with Gasteiger partial charge >= 0.3 is 6.16 Å². The fourth-order valence-corrected chi connectivity index (χ4v) is 6.25. The van der Waals surface area contributed by atoms with Crippen LogP contribution in [0.3, 0.4) is 0 Å². The molecule has 7 heteroatoms. The Hall–Kier alpha value is -3.09. The zero-order valence-electron chi connectivity index (χ0n) is 27.7.